The quantitative estimate of drug-likeness (QED) is 0.133. The molecular formula is C15H11BrF8N12O6. The highest BCUT2D eigenvalue weighted by Gasteiger charge is 2.36. The molecule has 18 nitrogen and oxygen atoms in total. The average Bonchev–Trinajstić information content (AvgIpc) is 3.66. The second kappa shape index (κ2) is 13.9. The van der Waals surface area contributed by atoms with E-state index in [0.29, 0.717) is 12.3 Å². The summed E-state index contributed by atoms with van der Waals surface area (Å²) in [6.45, 7) is 0. The molecule has 0 bridgehead atoms. The van der Waals surface area contributed by atoms with Crippen LogP contribution in [0.1, 0.15) is 0 Å². The summed E-state index contributed by atoms with van der Waals surface area (Å²) in [6.07, 6.45) is -5.77. The number of nitrogen functional groups attached to an aromatic ring is 1. The molecule has 0 aromatic carbocycles. The van der Waals surface area contributed by atoms with Crippen LogP contribution >= 0.6 is 15.9 Å². The number of nitrogens with one attached hydrogen (secondary N) is 1. The fraction of sp³-hybridized carbons (Fsp3) is 0.200. The average molecular weight is 687 g/mol. The van der Waals surface area contributed by atoms with E-state index in [1.165, 1.54) is 12.3 Å². The Kier molecular flexibility index (Phi) is 11.5. The van der Waals surface area contributed by atoms with Crippen molar-refractivity contribution in [2.45, 2.75) is 17.6 Å². The van der Waals surface area contributed by atoms with Crippen LogP contribution in [0.2, 0.25) is 0 Å². The molecule has 0 fully saturated rings. The predicted molar refractivity (Wildman–Crippen MR) is 121 cm³/mol. The highest BCUT2D eigenvalue weighted by molar-refractivity contribution is 9.09. The van der Waals surface area contributed by atoms with Gasteiger partial charge in [0.25, 0.3) is 0 Å². The lowest BCUT2D eigenvalue weighted by molar-refractivity contribution is -0.390. The van der Waals surface area contributed by atoms with Crippen LogP contribution in [0.3, 0.4) is 0 Å². The summed E-state index contributed by atoms with van der Waals surface area (Å²) in [7, 11) is 0. The number of nitro groups is 3. The second-order valence-corrected chi connectivity index (χ2v) is 7.49. The third kappa shape index (κ3) is 11.5. The zero-order chi connectivity index (χ0) is 32.5. The zero-order valence-electron chi connectivity index (χ0n) is 19.5. The number of aromatic nitrogens is 8. The molecule has 4 aromatic rings. The molecule has 0 aliphatic heterocycles. The molecule has 0 amide bonds. The molecule has 230 valence electrons. The molecule has 0 atom stereocenters. The van der Waals surface area contributed by atoms with E-state index in [4.69, 9.17) is 5.73 Å². The molecule has 0 aliphatic rings. The normalized spacial score (nSPS) is 11.2. The number of alkyl halides is 9. The van der Waals surface area contributed by atoms with Crippen molar-refractivity contribution in [3.8, 4) is 0 Å². The molecular weight excluding hydrogens is 676 g/mol. The van der Waals surface area contributed by atoms with Gasteiger partial charge in [-0.15, -0.1) is 41.2 Å². The first-order chi connectivity index (χ1) is 19.1. The Morgan fingerprint density at radius 2 is 1.14 bits per heavy atom. The van der Waals surface area contributed by atoms with Gasteiger partial charge < -0.3 is 36.1 Å². The van der Waals surface area contributed by atoms with E-state index in [-0.39, 0.29) is 21.0 Å². The van der Waals surface area contributed by atoms with Gasteiger partial charge in [0.15, 0.2) is 0 Å². The first-order valence-corrected chi connectivity index (χ1v) is 10.5. The summed E-state index contributed by atoms with van der Waals surface area (Å²) in [5.74, 6) is -1.66. The van der Waals surface area contributed by atoms with Gasteiger partial charge in [0.05, 0.1) is 47.0 Å². The standard InChI is InChI=1S/C4H2BrF2N3O2.C4H2F3N3O2.C4H4F3N3.C3H3N3O2/c2*5-4(6,7)9-2-1-3(8-9)10(11)12;5-4(6,7)10-2-1-3(8)9-10;7-6(8)3-1-2-4-5-3/h2*1-2H;1-2H,(H2,8,9);1-2H,(H,4,5). The molecule has 3 N–H and O–H groups in total. The number of nitrogens with two attached hydrogens (primary N) is 1. The SMILES string of the molecule is Nc1ccn(C(F)(F)F)n1.O=[N+]([O-])c1ccn(C(F)(F)Br)n1.O=[N+]([O-])c1ccn(C(F)(F)F)n1.O=[N+]([O-])c1ccn[nH]1. The lowest BCUT2D eigenvalue weighted by Gasteiger charge is -2.03. The lowest BCUT2D eigenvalue weighted by Crippen LogP contribution is -2.17. The summed E-state index contributed by atoms with van der Waals surface area (Å²) in [5, 5.41) is 43.9. The van der Waals surface area contributed by atoms with Crippen molar-refractivity contribution in [2.24, 2.45) is 0 Å². The zero-order valence-corrected chi connectivity index (χ0v) is 21.1. The van der Waals surface area contributed by atoms with Gasteiger partial charge in [-0.1, -0.05) is 9.78 Å². The number of halogens is 9. The van der Waals surface area contributed by atoms with Gasteiger partial charge in [-0.05, 0) is 14.8 Å². The molecule has 42 heavy (non-hydrogen) atoms. The molecule has 4 aromatic heterocycles. The van der Waals surface area contributed by atoms with Gasteiger partial charge in [-0.25, -0.2) is 0 Å². The molecule has 0 saturated carbocycles. The Morgan fingerprint density at radius 1 is 0.714 bits per heavy atom. The van der Waals surface area contributed by atoms with Crippen LogP contribution in [0.25, 0.3) is 0 Å². The van der Waals surface area contributed by atoms with Crippen molar-refractivity contribution >= 4 is 39.2 Å². The smallest absolute Gasteiger partial charge is 0.382 e. The molecule has 27 heteroatoms. The number of rotatable bonds is 4. The molecule has 0 spiro atoms. The fourth-order valence-corrected chi connectivity index (χ4v) is 2.13. The van der Waals surface area contributed by atoms with Crippen LogP contribution < -0.4 is 5.73 Å². The van der Waals surface area contributed by atoms with Gasteiger partial charge in [0.2, 0.25) is 0 Å². The summed E-state index contributed by atoms with van der Waals surface area (Å²) in [6, 6.07) is 3.93. The van der Waals surface area contributed by atoms with Crippen molar-refractivity contribution in [3.63, 3.8) is 0 Å². The van der Waals surface area contributed by atoms with Crippen molar-refractivity contribution in [1.82, 2.24) is 39.5 Å². The van der Waals surface area contributed by atoms with E-state index in [1.54, 1.807) is 0 Å². The van der Waals surface area contributed by atoms with Crippen molar-refractivity contribution < 1.29 is 49.9 Å². The van der Waals surface area contributed by atoms with E-state index in [9.17, 15) is 65.5 Å². The summed E-state index contributed by atoms with van der Waals surface area (Å²) < 4.78 is 94.4. The topological polar surface area (TPSA) is 238 Å². The first kappa shape index (κ1) is 34.8. The Balaban J connectivity index is 0.000000283. The molecule has 4 heterocycles. The van der Waals surface area contributed by atoms with Gasteiger partial charge in [-0.3, -0.25) is 0 Å². The fourth-order valence-electron chi connectivity index (χ4n) is 1.94. The summed E-state index contributed by atoms with van der Waals surface area (Å²) in [5.41, 5.74) is 4.94. The van der Waals surface area contributed by atoms with Crippen LogP contribution in [0.4, 0.5) is 58.4 Å². The minimum atomic E-state index is -4.70. The van der Waals surface area contributed by atoms with E-state index in [2.05, 4.69) is 25.5 Å². The number of H-pyrrole nitrogens is 1. The maximum absolute atomic E-state index is 12.3. The molecule has 4 rings (SSSR count). The summed E-state index contributed by atoms with van der Waals surface area (Å²) >= 11 is 1.99. The number of anilines is 1. The minimum absolute atomic E-state index is 0.0787. The minimum Gasteiger partial charge on any atom is -0.382 e. The van der Waals surface area contributed by atoms with E-state index < -0.39 is 48.6 Å². The molecule has 0 radical (unpaired) electrons. The van der Waals surface area contributed by atoms with Crippen molar-refractivity contribution in [2.75, 3.05) is 5.73 Å². The van der Waals surface area contributed by atoms with E-state index >= 15 is 0 Å². The van der Waals surface area contributed by atoms with Gasteiger partial charge >= 0.3 is 35.0 Å². The number of hydrogen-bond acceptors (Lipinski definition) is 11. The van der Waals surface area contributed by atoms with Crippen LogP contribution in [0.15, 0.2) is 49.1 Å². The van der Waals surface area contributed by atoms with Crippen LogP contribution in [0.5, 0.6) is 0 Å². The number of nitrogens with zero attached hydrogens (tertiary/aromatic N) is 10. The molecule has 0 saturated heterocycles. The first-order valence-electron chi connectivity index (χ1n) is 9.69. The van der Waals surface area contributed by atoms with Crippen molar-refractivity contribution in [3.05, 3.63) is 79.4 Å². The molecule has 0 aliphatic carbocycles. The monoisotopic (exact) mass is 686 g/mol. The Morgan fingerprint density at radius 3 is 1.36 bits per heavy atom. The van der Waals surface area contributed by atoms with E-state index in [0.717, 1.165) is 24.5 Å². The Labute approximate surface area is 231 Å². The highest BCUT2D eigenvalue weighted by atomic mass is 79.9. The van der Waals surface area contributed by atoms with E-state index in [1.807, 2.05) is 15.9 Å². The van der Waals surface area contributed by atoms with Gasteiger partial charge in [-0.2, -0.15) is 13.5 Å². The van der Waals surface area contributed by atoms with Gasteiger partial charge in [0, 0.05) is 28.2 Å². The summed E-state index contributed by atoms with van der Waals surface area (Å²) in [4.78, 5) is 23.9. The van der Waals surface area contributed by atoms with Crippen LogP contribution in [0, 0.1) is 30.3 Å². The maximum Gasteiger partial charge on any atom is 0.522 e. The lowest BCUT2D eigenvalue weighted by atomic mass is 10.7. The Bertz CT molecular complexity index is 1400. The number of hydrogen-bond donors (Lipinski definition) is 2. The largest absolute Gasteiger partial charge is 0.522 e. The molecule has 0 unspecified atom stereocenters. The maximum atomic E-state index is 12.3. The third-order valence-corrected chi connectivity index (χ3v) is 3.96. The van der Waals surface area contributed by atoms with Crippen LogP contribution in [-0.4, -0.2) is 54.3 Å². The Hall–Kier alpha value is -5.24. The van der Waals surface area contributed by atoms with Crippen LogP contribution in [-0.2, 0) is 17.6 Å². The number of aromatic amines is 1. The predicted octanol–water partition coefficient (Wildman–Crippen LogP) is 4.22. The third-order valence-electron chi connectivity index (χ3n) is 3.60. The highest BCUT2D eigenvalue weighted by Crippen LogP contribution is 2.28. The second-order valence-electron chi connectivity index (χ2n) is 6.54. The van der Waals surface area contributed by atoms with Gasteiger partial charge in [0.1, 0.15) is 5.82 Å². The van der Waals surface area contributed by atoms with Crippen molar-refractivity contribution in [1.29, 1.82) is 0 Å².